The number of anilines is 1. The number of benzene rings is 2. The third-order valence-electron chi connectivity index (χ3n) is 4.24. The van der Waals surface area contributed by atoms with Gasteiger partial charge in [0.1, 0.15) is 0 Å². The minimum atomic E-state index is -0.119. The standard InChI is InChI=1S/C20H18ClN5O2S/c1-12-10-13(21)6-7-14(12)22-18(27)8-9-19-25-17(26-28-19)11-29-20-23-15-4-2-3-5-16(15)24-20/h2-7,10H,8-9,11H2,1H3,(H,22,27)(H,23,24). The molecule has 29 heavy (non-hydrogen) atoms. The van der Waals surface area contributed by atoms with E-state index in [4.69, 9.17) is 16.1 Å². The Hall–Kier alpha value is -2.84. The van der Waals surface area contributed by atoms with Crippen molar-refractivity contribution >= 4 is 46.0 Å². The molecular weight excluding hydrogens is 410 g/mol. The lowest BCUT2D eigenvalue weighted by atomic mass is 10.2. The largest absolute Gasteiger partial charge is 0.339 e. The number of carbonyl (C=O) groups excluding carboxylic acids is 1. The van der Waals surface area contributed by atoms with E-state index in [1.165, 1.54) is 11.8 Å². The van der Waals surface area contributed by atoms with E-state index in [2.05, 4.69) is 25.4 Å². The summed E-state index contributed by atoms with van der Waals surface area (Å²) in [6, 6.07) is 13.2. The van der Waals surface area contributed by atoms with Crippen LogP contribution in [0.5, 0.6) is 0 Å². The molecule has 0 bridgehead atoms. The van der Waals surface area contributed by atoms with Gasteiger partial charge in [0.15, 0.2) is 11.0 Å². The smallest absolute Gasteiger partial charge is 0.227 e. The van der Waals surface area contributed by atoms with Crippen LogP contribution in [-0.2, 0) is 17.0 Å². The molecule has 0 spiro atoms. The van der Waals surface area contributed by atoms with Gasteiger partial charge in [-0.3, -0.25) is 4.79 Å². The summed E-state index contributed by atoms with van der Waals surface area (Å²) in [6.07, 6.45) is 0.626. The second-order valence-electron chi connectivity index (χ2n) is 6.46. The van der Waals surface area contributed by atoms with Crippen molar-refractivity contribution < 1.29 is 9.32 Å². The van der Waals surface area contributed by atoms with Crippen molar-refractivity contribution in [1.29, 1.82) is 0 Å². The average molecular weight is 428 g/mol. The van der Waals surface area contributed by atoms with E-state index in [9.17, 15) is 4.79 Å². The third-order valence-corrected chi connectivity index (χ3v) is 5.35. The van der Waals surface area contributed by atoms with Gasteiger partial charge in [-0.25, -0.2) is 4.98 Å². The lowest BCUT2D eigenvalue weighted by Gasteiger charge is -2.07. The number of aryl methyl sites for hydroxylation is 2. The number of fused-ring (bicyclic) bond motifs is 1. The van der Waals surface area contributed by atoms with Crippen LogP contribution in [0.3, 0.4) is 0 Å². The summed E-state index contributed by atoms with van der Waals surface area (Å²) in [6.45, 7) is 1.89. The van der Waals surface area contributed by atoms with Gasteiger partial charge in [-0.05, 0) is 42.8 Å². The predicted molar refractivity (Wildman–Crippen MR) is 113 cm³/mol. The van der Waals surface area contributed by atoms with Crippen molar-refractivity contribution in [3.8, 4) is 0 Å². The van der Waals surface area contributed by atoms with Gasteiger partial charge in [0, 0.05) is 23.6 Å². The van der Waals surface area contributed by atoms with Gasteiger partial charge in [-0.15, -0.1) is 0 Å². The fourth-order valence-corrected chi connectivity index (χ4v) is 3.74. The molecule has 1 amide bonds. The highest BCUT2D eigenvalue weighted by Crippen LogP contribution is 2.22. The lowest BCUT2D eigenvalue weighted by molar-refractivity contribution is -0.116. The van der Waals surface area contributed by atoms with Crippen molar-refractivity contribution in [3.05, 3.63) is 64.8 Å². The highest BCUT2D eigenvalue weighted by Gasteiger charge is 2.12. The van der Waals surface area contributed by atoms with E-state index in [-0.39, 0.29) is 12.3 Å². The molecule has 0 aliphatic carbocycles. The number of aromatic amines is 1. The molecule has 0 fully saturated rings. The van der Waals surface area contributed by atoms with Gasteiger partial charge in [0.05, 0.1) is 16.8 Å². The Labute approximate surface area is 176 Å². The monoisotopic (exact) mass is 427 g/mol. The number of imidazole rings is 1. The van der Waals surface area contributed by atoms with Crippen LogP contribution in [0.15, 0.2) is 52.1 Å². The maximum absolute atomic E-state index is 12.2. The van der Waals surface area contributed by atoms with Crippen LogP contribution in [-0.4, -0.2) is 26.0 Å². The second kappa shape index (κ2) is 8.67. The van der Waals surface area contributed by atoms with Crippen LogP contribution in [0.25, 0.3) is 11.0 Å². The first-order chi connectivity index (χ1) is 14.1. The van der Waals surface area contributed by atoms with Gasteiger partial charge >= 0.3 is 0 Å². The van der Waals surface area contributed by atoms with Crippen molar-refractivity contribution in [3.63, 3.8) is 0 Å². The quantitative estimate of drug-likeness (QED) is 0.412. The summed E-state index contributed by atoms with van der Waals surface area (Å²) in [5.74, 6) is 1.42. The van der Waals surface area contributed by atoms with Gasteiger partial charge < -0.3 is 14.8 Å². The number of halogens is 1. The number of nitrogens with one attached hydrogen (secondary N) is 2. The molecule has 4 aromatic rings. The number of aromatic nitrogens is 4. The van der Waals surface area contributed by atoms with Crippen LogP contribution < -0.4 is 5.32 Å². The zero-order chi connectivity index (χ0) is 20.2. The fraction of sp³-hybridized carbons (Fsp3) is 0.200. The number of nitrogens with zero attached hydrogens (tertiary/aromatic N) is 3. The van der Waals surface area contributed by atoms with Crippen LogP contribution in [0.4, 0.5) is 5.69 Å². The Morgan fingerprint density at radius 1 is 1.24 bits per heavy atom. The zero-order valence-corrected chi connectivity index (χ0v) is 17.2. The van der Waals surface area contributed by atoms with Gasteiger partial charge in [-0.1, -0.05) is 40.7 Å². The number of H-pyrrole nitrogens is 1. The highest BCUT2D eigenvalue weighted by atomic mass is 35.5. The summed E-state index contributed by atoms with van der Waals surface area (Å²) in [5, 5.41) is 8.29. The molecule has 9 heteroatoms. The number of thioether (sulfide) groups is 1. The summed E-state index contributed by atoms with van der Waals surface area (Å²) < 4.78 is 5.25. The van der Waals surface area contributed by atoms with E-state index in [1.807, 2.05) is 31.2 Å². The first-order valence-corrected chi connectivity index (χ1v) is 10.4. The number of hydrogen-bond donors (Lipinski definition) is 2. The molecule has 2 heterocycles. The SMILES string of the molecule is Cc1cc(Cl)ccc1NC(=O)CCc1nc(CSc2nc3ccccc3[nH]2)no1. The van der Waals surface area contributed by atoms with Crippen molar-refractivity contribution in [1.82, 2.24) is 20.1 Å². The summed E-state index contributed by atoms with van der Waals surface area (Å²) in [5.41, 5.74) is 3.57. The molecule has 0 aliphatic heterocycles. The molecule has 0 saturated heterocycles. The van der Waals surface area contributed by atoms with E-state index in [1.54, 1.807) is 18.2 Å². The molecule has 148 valence electrons. The molecule has 0 radical (unpaired) electrons. The molecule has 2 aromatic heterocycles. The van der Waals surface area contributed by atoms with E-state index in [0.29, 0.717) is 28.9 Å². The predicted octanol–water partition coefficient (Wildman–Crippen LogP) is 4.77. The molecule has 4 rings (SSSR count). The number of para-hydroxylation sites is 2. The third kappa shape index (κ3) is 4.96. The number of hydrogen-bond acceptors (Lipinski definition) is 6. The first-order valence-electron chi connectivity index (χ1n) is 9.02. The first kappa shape index (κ1) is 19.5. The second-order valence-corrected chi connectivity index (χ2v) is 7.86. The molecular formula is C20H18ClN5O2S. The summed E-state index contributed by atoms with van der Waals surface area (Å²) >= 11 is 7.43. The van der Waals surface area contributed by atoms with Crippen molar-refractivity contribution in [2.45, 2.75) is 30.7 Å². The van der Waals surface area contributed by atoms with Crippen LogP contribution in [0.1, 0.15) is 23.7 Å². The maximum Gasteiger partial charge on any atom is 0.227 e. The topological polar surface area (TPSA) is 96.7 Å². The molecule has 0 unspecified atom stereocenters. The molecule has 7 nitrogen and oxygen atoms in total. The van der Waals surface area contributed by atoms with Gasteiger partial charge in [-0.2, -0.15) is 4.98 Å². The van der Waals surface area contributed by atoms with Crippen molar-refractivity contribution in [2.24, 2.45) is 0 Å². The molecule has 0 saturated carbocycles. The highest BCUT2D eigenvalue weighted by molar-refractivity contribution is 7.98. The van der Waals surface area contributed by atoms with Gasteiger partial charge in [0.2, 0.25) is 11.8 Å². The van der Waals surface area contributed by atoms with Crippen molar-refractivity contribution in [2.75, 3.05) is 5.32 Å². The van der Waals surface area contributed by atoms with E-state index in [0.717, 1.165) is 27.4 Å². The van der Waals surface area contributed by atoms with Crippen LogP contribution in [0, 0.1) is 6.92 Å². The number of carbonyl (C=O) groups is 1. The summed E-state index contributed by atoms with van der Waals surface area (Å²) in [7, 11) is 0. The average Bonchev–Trinajstić information content (AvgIpc) is 3.33. The number of amides is 1. The Bertz CT molecular complexity index is 1120. The molecule has 2 N–H and O–H groups in total. The Balaban J connectivity index is 1.28. The Morgan fingerprint density at radius 2 is 2.10 bits per heavy atom. The normalized spacial score (nSPS) is 11.1. The van der Waals surface area contributed by atoms with Gasteiger partial charge in [0.25, 0.3) is 0 Å². The maximum atomic E-state index is 12.2. The summed E-state index contributed by atoms with van der Waals surface area (Å²) in [4.78, 5) is 24.3. The minimum Gasteiger partial charge on any atom is -0.339 e. The fourth-order valence-electron chi connectivity index (χ4n) is 2.78. The molecule has 2 aromatic carbocycles. The Morgan fingerprint density at radius 3 is 2.93 bits per heavy atom. The number of rotatable bonds is 7. The molecule has 0 atom stereocenters. The van der Waals surface area contributed by atoms with Crippen LogP contribution in [0.2, 0.25) is 5.02 Å². The Kier molecular flexibility index (Phi) is 5.82. The minimum absolute atomic E-state index is 0.119. The zero-order valence-electron chi connectivity index (χ0n) is 15.6. The van der Waals surface area contributed by atoms with E-state index < -0.39 is 0 Å². The molecule has 0 aliphatic rings. The van der Waals surface area contributed by atoms with E-state index >= 15 is 0 Å². The lowest BCUT2D eigenvalue weighted by Crippen LogP contribution is -2.13. The van der Waals surface area contributed by atoms with Crippen LogP contribution >= 0.6 is 23.4 Å².